The molecule has 4 aromatic rings. The van der Waals surface area contributed by atoms with Crippen LogP contribution in [0.1, 0.15) is 49.9 Å². The number of urea groups is 1. The van der Waals surface area contributed by atoms with Crippen molar-refractivity contribution in [2.75, 3.05) is 16.4 Å². The highest BCUT2D eigenvalue weighted by atomic mass is 16.5. The maximum Gasteiger partial charge on any atom is 0.326 e. The number of fused-ring (bicyclic) bond motifs is 1. The molecule has 2 fully saturated rings. The first-order valence-corrected chi connectivity index (χ1v) is 11.0. The number of carbonyl (C=O) groups excluding carboxylic acids is 1. The van der Waals surface area contributed by atoms with Crippen LogP contribution in [0.15, 0.2) is 35.4 Å². The smallest absolute Gasteiger partial charge is 0.326 e. The third-order valence-corrected chi connectivity index (χ3v) is 6.58. The maximum atomic E-state index is 12.5. The molecule has 10 nitrogen and oxygen atoms in total. The standard InChI is InChI=1S/C23H24N8O2/c1-12-7-15(14-10-31(13-3-4-13)21-19(14)20(24)26-11-27-21)25-9-16(12)28-22(32)29-18-8-17(30-33-18)23(2)5-6-23/h7-11,13H,3-6H2,1-2H3,(H2,24,26,27)(H2,28,29,32). The number of anilines is 3. The van der Waals surface area contributed by atoms with Gasteiger partial charge in [0.05, 0.1) is 28.7 Å². The Bertz CT molecular complexity index is 1400. The molecule has 4 aromatic heterocycles. The van der Waals surface area contributed by atoms with E-state index in [9.17, 15) is 4.79 Å². The molecule has 2 aliphatic rings. The van der Waals surface area contributed by atoms with Crippen molar-refractivity contribution in [3.8, 4) is 11.3 Å². The summed E-state index contributed by atoms with van der Waals surface area (Å²) in [6, 6.07) is 3.73. The van der Waals surface area contributed by atoms with Crippen molar-refractivity contribution in [2.45, 2.75) is 51.0 Å². The lowest BCUT2D eigenvalue weighted by molar-refractivity contribution is 0.261. The minimum absolute atomic E-state index is 0.0767. The number of carbonyl (C=O) groups is 1. The number of hydrogen-bond acceptors (Lipinski definition) is 7. The van der Waals surface area contributed by atoms with Gasteiger partial charge in [0.25, 0.3) is 0 Å². The van der Waals surface area contributed by atoms with Gasteiger partial charge < -0.3 is 20.1 Å². The van der Waals surface area contributed by atoms with Gasteiger partial charge in [-0.25, -0.2) is 14.8 Å². The monoisotopic (exact) mass is 444 g/mol. The van der Waals surface area contributed by atoms with E-state index in [0.717, 1.165) is 59.2 Å². The molecule has 0 aromatic carbocycles. The van der Waals surface area contributed by atoms with Gasteiger partial charge in [0, 0.05) is 29.3 Å². The lowest BCUT2D eigenvalue weighted by Crippen LogP contribution is -2.19. The molecule has 4 heterocycles. The number of aryl methyl sites for hydroxylation is 1. The van der Waals surface area contributed by atoms with E-state index in [4.69, 9.17) is 10.3 Å². The molecule has 0 spiro atoms. The summed E-state index contributed by atoms with van der Waals surface area (Å²) in [4.78, 5) is 25.7. The highest BCUT2D eigenvalue weighted by Crippen LogP contribution is 2.47. The molecule has 10 heteroatoms. The van der Waals surface area contributed by atoms with Crippen LogP contribution in [-0.2, 0) is 5.41 Å². The summed E-state index contributed by atoms with van der Waals surface area (Å²) in [7, 11) is 0. The zero-order valence-corrected chi connectivity index (χ0v) is 18.4. The number of amides is 2. The average molecular weight is 444 g/mol. The fourth-order valence-corrected chi connectivity index (χ4v) is 4.10. The Balaban J connectivity index is 1.24. The van der Waals surface area contributed by atoms with Crippen molar-refractivity contribution in [3.63, 3.8) is 0 Å². The van der Waals surface area contributed by atoms with Gasteiger partial charge in [0.2, 0.25) is 5.88 Å². The molecule has 0 saturated heterocycles. The van der Waals surface area contributed by atoms with Crippen LogP contribution in [0.4, 0.5) is 22.2 Å². The van der Waals surface area contributed by atoms with Crippen LogP contribution in [0.5, 0.6) is 0 Å². The molecule has 33 heavy (non-hydrogen) atoms. The third-order valence-electron chi connectivity index (χ3n) is 6.58. The molecule has 0 bridgehead atoms. The summed E-state index contributed by atoms with van der Waals surface area (Å²) in [5.74, 6) is 0.753. The first-order chi connectivity index (χ1) is 15.9. The predicted molar refractivity (Wildman–Crippen MR) is 124 cm³/mol. The number of hydrogen-bond donors (Lipinski definition) is 3. The Morgan fingerprint density at radius 2 is 2.03 bits per heavy atom. The topological polar surface area (TPSA) is 137 Å². The number of nitrogens with two attached hydrogens (primary N) is 1. The van der Waals surface area contributed by atoms with Gasteiger partial charge in [-0.1, -0.05) is 12.1 Å². The number of nitrogens with zero attached hydrogens (tertiary/aromatic N) is 5. The van der Waals surface area contributed by atoms with E-state index in [-0.39, 0.29) is 5.41 Å². The van der Waals surface area contributed by atoms with Crippen LogP contribution in [0.3, 0.4) is 0 Å². The Morgan fingerprint density at radius 1 is 1.21 bits per heavy atom. The lowest BCUT2D eigenvalue weighted by atomic mass is 10.1. The van der Waals surface area contributed by atoms with E-state index < -0.39 is 6.03 Å². The summed E-state index contributed by atoms with van der Waals surface area (Å²) in [5, 5.41) is 10.4. The molecule has 0 aliphatic heterocycles. The summed E-state index contributed by atoms with van der Waals surface area (Å²) >= 11 is 0. The molecule has 168 valence electrons. The van der Waals surface area contributed by atoms with Crippen molar-refractivity contribution in [3.05, 3.63) is 42.1 Å². The zero-order chi connectivity index (χ0) is 22.7. The van der Waals surface area contributed by atoms with E-state index in [1.54, 1.807) is 12.3 Å². The molecule has 2 amide bonds. The van der Waals surface area contributed by atoms with Crippen LogP contribution < -0.4 is 16.4 Å². The number of nitrogen functional groups attached to an aromatic ring is 1. The van der Waals surface area contributed by atoms with Crippen molar-refractivity contribution in [1.29, 1.82) is 0 Å². The van der Waals surface area contributed by atoms with E-state index >= 15 is 0 Å². The summed E-state index contributed by atoms with van der Waals surface area (Å²) < 4.78 is 7.42. The second kappa shape index (κ2) is 7.03. The van der Waals surface area contributed by atoms with Gasteiger partial charge >= 0.3 is 6.03 Å². The Kier molecular flexibility index (Phi) is 4.20. The van der Waals surface area contributed by atoms with Gasteiger partial charge in [-0.15, -0.1) is 0 Å². The first-order valence-electron chi connectivity index (χ1n) is 11.0. The summed E-state index contributed by atoms with van der Waals surface area (Å²) in [6.45, 7) is 4.05. The molecule has 0 atom stereocenters. The molecule has 6 rings (SSSR count). The fraction of sp³-hybridized carbons (Fsp3) is 0.348. The van der Waals surface area contributed by atoms with Crippen molar-refractivity contribution >= 4 is 34.5 Å². The van der Waals surface area contributed by atoms with Crippen LogP contribution in [0.25, 0.3) is 22.3 Å². The number of aromatic nitrogens is 5. The Hall–Kier alpha value is -3.95. The van der Waals surface area contributed by atoms with Crippen molar-refractivity contribution < 1.29 is 9.32 Å². The number of rotatable bonds is 5. The SMILES string of the molecule is Cc1cc(-c2cn(C3CC3)c3ncnc(N)c23)ncc1NC(=O)Nc1cc(C2(C)CC2)no1. The lowest BCUT2D eigenvalue weighted by Gasteiger charge is -2.09. The highest BCUT2D eigenvalue weighted by molar-refractivity contribution is 6.01. The Morgan fingerprint density at radius 3 is 2.76 bits per heavy atom. The number of pyridine rings is 1. The molecule has 4 N–H and O–H groups in total. The van der Waals surface area contributed by atoms with Crippen LogP contribution in [-0.4, -0.2) is 30.7 Å². The van der Waals surface area contributed by atoms with E-state index in [0.29, 0.717) is 23.4 Å². The minimum atomic E-state index is -0.417. The predicted octanol–water partition coefficient (Wildman–Crippen LogP) is 4.40. The molecule has 0 radical (unpaired) electrons. The quantitative estimate of drug-likeness (QED) is 0.415. The summed E-state index contributed by atoms with van der Waals surface area (Å²) in [5.41, 5.74) is 11.1. The zero-order valence-electron chi connectivity index (χ0n) is 18.4. The average Bonchev–Trinajstić information content (AvgIpc) is 3.68. The molecule has 0 unspecified atom stereocenters. The molecular weight excluding hydrogens is 420 g/mol. The molecule has 2 saturated carbocycles. The van der Waals surface area contributed by atoms with Gasteiger partial charge in [0.15, 0.2) is 0 Å². The van der Waals surface area contributed by atoms with Crippen LogP contribution in [0.2, 0.25) is 0 Å². The van der Waals surface area contributed by atoms with Crippen molar-refractivity contribution in [2.24, 2.45) is 0 Å². The third kappa shape index (κ3) is 3.47. The first kappa shape index (κ1) is 19.7. The Labute approximate surface area is 189 Å². The van der Waals surface area contributed by atoms with Crippen LogP contribution in [0, 0.1) is 6.92 Å². The second-order valence-electron chi connectivity index (χ2n) is 9.24. The second-order valence-corrected chi connectivity index (χ2v) is 9.24. The fourth-order valence-electron chi connectivity index (χ4n) is 4.10. The molecule has 2 aliphatic carbocycles. The largest absolute Gasteiger partial charge is 0.383 e. The maximum absolute atomic E-state index is 12.5. The van der Waals surface area contributed by atoms with Crippen molar-refractivity contribution in [1.82, 2.24) is 24.7 Å². The summed E-state index contributed by atoms with van der Waals surface area (Å²) in [6.07, 6.45) is 9.61. The van der Waals surface area contributed by atoms with Gasteiger partial charge in [-0.05, 0) is 44.2 Å². The highest BCUT2D eigenvalue weighted by Gasteiger charge is 2.42. The van der Waals surface area contributed by atoms with Gasteiger partial charge in [-0.2, -0.15) is 0 Å². The molecular formula is C23H24N8O2. The van der Waals surface area contributed by atoms with Crippen LogP contribution >= 0.6 is 0 Å². The van der Waals surface area contributed by atoms with E-state index in [1.165, 1.54) is 6.33 Å². The van der Waals surface area contributed by atoms with Gasteiger partial charge in [0.1, 0.15) is 17.8 Å². The normalized spacial score (nSPS) is 16.7. The minimum Gasteiger partial charge on any atom is -0.383 e. The number of nitrogens with one attached hydrogen (secondary N) is 2. The van der Waals surface area contributed by atoms with E-state index in [2.05, 4.69) is 48.4 Å². The van der Waals surface area contributed by atoms with Gasteiger partial charge in [-0.3, -0.25) is 10.3 Å². The van der Waals surface area contributed by atoms with E-state index in [1.807, 2.05) is 13.0 Å².